The average Bonchev–Trinajstić information content (AvgIpc) is 2.49. The number of carbonyl (C=O) groups is 1. The number of likely N-dealkylation sites (tertiary alicyclic amines) is 1. The molecule has 2 heterocycles. The van der Waals surface area contributed by atoms with E-state index in [0.29, 0.717) is 5.69 Å². The first-order valence-electron chi connectivity index (χ1n) is 7.66. The van der Waals surface area contributed by atoms with Gasteiger partial charge in [-0.05, 0) is 44.7 Å². The van der Waals surface area contributed by atoms with E-state index in [9.17, 15) is 4.79 Å². The standard InChI is InChI=1S/C16H25N3O/c1-4-18(5-2)14-6-7-15(17-12-14)16(20)19-10-8-13(3)9-11-19/h6-7,12-13H,4-5,8-11H2,1-3H3. The summed E-state index contributed by atoms with van der Waals surface area (Å²) in [6.45, 7) is 10.1. The van der Waals surface area contributed by atoms with Gasteiger partial charge in [-0.1, -0.05) is 6.92 Å². The molecular weight excluding hydrogens is 250 g/mol. The molecule has 0 bridgehead atoms. The highest BCUT2D eigenvalue weighted by molar-refractivity contribution is 5.92. The Labute approximate surface area is 121 Å². The van der Waals surface area contributed by atoms with Crippen LogP contribution >= 0.6 is 0 Å². The molecule has 110 valence electrons. The van der Waals surface area contributed by atoms with Crippen molar-refractivity contribution in [2.24, 2.45) is 5.92 Å². The van der Waals surface area contributed by atoms with Gasteiger partial charge in [0.05, 0.1) is 11.9 Å². The second-order valence-electron chi connectivity index (χ2n) is 5.55. The van der Waals surface area contributed by atoms with Crippen molar-refractivity contribution in [3.63, 3.8) is 0 Å². The van der Waals surface area contributed by atoms with E-state index in [1.54, 1.807) is 0 Å². The Morgan fingerprint density at radius 1 is 1.30 bits per heavy atom. The molecule has 0 radical (unpaired) electrons. The molecule has 0 aliphatic carbocycles. The molecule has 4 nitrogen and oxygen atoms in total. The van der Waals surface area contributed by atoms with E-state index >= 15 is 0 Å². The largest absolute Gasteiger partial charge is 0.371 e. The second kappa shape index (κ2) is 6.73. The number of nitrogens with zero attached hydrogens (tertiary/aromatic N) is 3. The van der Waals surface area contributed by atoms with Crippen molar-refractivity contribution in [1.82, 2.24) is 9.88 Å². The summed E-state index contributed by atoms with van der Waals surface area (Å²) in [5.74, 6) is 0.806. The quantitative estimate of drug-likeness (QED) is 0.848. The summed E-state index contributed by atoms with van der Waals surface area (Å²) in [4.78, 5) is 20.9. The normalized spacial score (nSPS) is 16.2. The topological polar surface area (TPSA) is 36.4 Å². The van der Waals surface area contributed by atoms with E-state index in [-0.39, 0.29) is 5.91 Å². The van der Waals surface area contributed by atoms with Gasteiger partial charge in [-0.3, -0.25) is 4.79 Å². The fraction of sp³-hybridized carbons (Fsp3) is 0.625. The number of pyridine rings is 1. The van der Waals surface area contributed by atoms with Crippen molar-refractivity contribution in [1.29, 1.82) is 0 Å². The summed E-state index contributed by atoms with van der Waals surface area (Å²) in [6.07, 6.45) is 4.01. The van der Waals surface area contributed by atoms with Crippen molar-refractivity contribution in [3.8, 4) is 0 Å². The van der Waals surface area contributed by atoms with Crippen LogP contribution in [0.1, 0.15) is 44.1 Å². The van der Waals surface area contributed by atoms with Crippen LogP contribution < -0.4 is 4.90 Å². The molecule has 0 N–H and O–H groups in total. The van der Waals surface area contributed by atoms with Crippen molar-refractivity contribution in [3.05, 3.63) is 24.0 Å². The third kappa shape index (κ3) is 3.30. The van der Waals surface area contributed by atoms with E-state index in [0.717, 1.165) is 50.6 Å². The van der Waals surface area contributed by atoms with Crippen molar-refractivity contribution in [2.75, 3.05) is 31.1 Å². The smallest absolute Gasteiger partial charge is 0.272 e. The molecule has 1 saturated heterocycles. The number of anilines is 1. The SMILES string of the molecule is CCN(CC)c1ccc(C(=O)N2CCC(C)CC2)nc1. The zero-order chi connectivity index (χ0) is 14.5. The minimum absolute atomic E-state index is 0.0722. The van der Waals surface area contributed by atoms with E-state index in [1.165, 1.54) is 0 Å². The number of rotatable bonds is 4. The van der Waals surface area contributed by atoms with Gasteiger partial charge in [0.25, 0.3) is 5.91 Å². The van der Waals surface area contributed by atoms with E-state index in [1.807, 2.05) is 23.2 Å². The number of piperidine rings is 1. The number of aromatic nitrogens is 1. The summed E-state index contributed by atoms with van der Waals surface area (Å²) in [7, 11) is 0. The van der Waals surface area contributed by atoms with Crippen LogP contribution in [0, 0.1) is 5.92 Å². The first kappa shape index (κ1) is 14.8. The molecule has 1 amide bonds. The molecule has 1 aliphatic heterocycles. The Morgan fingerprint density at radius 3 is 2.45 bits per heavy atom. The number of hydrogen-bond donors (Lipinski definition) is 0. The first-order chi connectivity index (χ1) is 9.65. The van der Waals surface area contributed by atoms with Gasteiger partial charge < -0.3 is 9.80 Å². The second-order valence-corrected chi connectivity index (χ2v) is 5.55. The van der Waals surface area contributed by atoms with Gasteiger partial charge in [-0.25, -0.2) is 4.98 Å². The van der Waals surface area contributed by atoms with Crippen LogP contribution in [0.4, 0.5) is 5.69 Å². The third-order valence-electron chi connectivity index (χ3n) is 4.17. The summed E-state index contributed by atoms with van der Waals surface area (Å²) in [6, 6.07) is 3.85. The van der Waals surface area contributed by atoms with Gasteiger partial charge in [-0.2, -0.15) is 0 Å². The molecule has 1 aromatic heterocycles. The zero-order valence-electron chi connectivity index (χ0n) is 12.8. The van der Waals surface area contributed by atoms with Gasteiger partial charge in [0.1, 0.15) is 5.69 Å². The molecule has 0 unspecified atom stereocenters. The lowest BCUT2D eigenvalue weighted by Gasteiger charge is -2.30. The van der Waals surface area contributed by atoms with Crippen molar-refractivity contribution < 1.29 is 4.79 Å². The Kier molecular flexibility index (Phi) is 4.99. The van der Waals surface area contributed by atoms with Crippen LogP contribution in [-0.2, 0) is 0 Å². The number of carbonyl (C=O) groups excluding carboxylic acids is 1. The minimum Gasteiger partial charge on any atom is -0.371 e. The van der Waals surface area contributed by atoms with Gasteiger partial charge >= 0.3 is 0 Å². The van der Waals surface area contributed by atoms with Gasteiger partial charge in [0.2, 0.25) is 0 Å². The van der Waals surface area contributed by atoms with Crippen LogP contribution in [0.2, 0.25) is 0 Å². The van der Waals surface area contributed by atoms with E-state index < -0.39 is 0 Å². The average molecular weight is 275 g/mol. The van der Waals surface area contributed by atoms with Crippen molar-refractivity contribution >= 4 is 11.6 Å². The molecule has 4 heteroatoms. The molecule has 2 rings (SSSR count). The molecule has 1 aromatic rings. The maximum atomic E-state index is 12.4. The fourth-order valence-corrected chi connectivity index (χ4v) is 2.66. The number of hydrogen-bond acceptors (Lipinski definition) is 3. The third-order valence-corrected chi connectivity index (χ3v) is 4.17. The first-order valence-corrected chi connectivity index (χ1v) is 7.66. The Bertz CT molecular complexity index is 432. The molecule has 20 heavy (non-hydrogen) atoms. The van der Waals surface area contributed by atoms with Gasteiger partial charge in [0, 0.05) is 26.2 Å². The minimum atomic E-state index is 0.0722. The molecule has 0 atom stereocenters. The predicted molar refractivity (Wildman–Crippen MR) is 82.1 cm³/mol. The van der Waals surface area contributed by atoms with Crippen LogP contribution in [0.3, 0.4) is 0 Å². The summed E-state index contributed by atoms with van der Waals surface area (Å²) < 4.78 is 0. The molecule has 0 saturated carbocycles. The Hall–Kier alpha value is -1.58. The summed E-state index contributed by atoms with van der Waals surface area (Å²) in [5.41, 5.74) is 1.65. The zero-order valence-corrected chi connectivity index (χ0v) is 12.8. The Balaban J connectivity index is 2.04. The lowest BCUT2D eigenvalue weighted by molar-refractivity contribution is 0.0691. The van der Waals surface area contributed by atoms with E-state index in [2.05, 4.69) is 30.7 Å². The Morgan fingerprint density at radius 2 is 1.95 bits per heavy atom. The van der Waals surface area contributed by atoms with Gasteiger partial charge in [0.15, 0.2) is 0 Å². The lowest BCUT2D eigenvalue weighted by Crippen LogP contribution is -2.38. The van der Waals surface area contributed by atoms with Crippen molar-refractivity contribution in [2.45, 2.75) is 33.6 Å². The highest BCUT2D eigenvalue weighted by Gasteiger charge is 2.22. The molecule has 0 spiro atoms. The lowest BCUT2D eigenvalue weighted by atomic mass is 9.99. The molecule has 1 fully saturated rings. The monoisotopic (exact) mass is 275 g/mol. The predicted octanol–water partition coefficient (Wildman–Crippen LogP) is 2.80. The summed E-state index contributed by atoms with van der Waals surface area (Å²) >= 11 is 0. The van der Waals surface area contributed by atoms with E-state index in [4.69, 9.17) is 0 Å². The maximum Gasteiger partial charge on any atom is 0.272 e. The molecule has 0 aromatic carbocycles. The highest BCUT2D eigenvalue weighted by atomic mass is 16.2. The van der Waals surface area contributed by atoms with Crippen LogP contribution in [0.15, 0.2) is 18.3 Å². The number of amides is 1. The fourth-order valence-electron chi connectivity index (χ4n) is 2.66. The van der Waals surface area contributed by atoms with Crippen LogP contribution in [0.25, 0.3) is 0 Å². The van der Waals surface area contributed by atoms with Crippen LogP contribution in [0.5, 0.6) is 0 Å². The van der Waals surface area contributed by atoms with Crippen LogP contribution in [-0.4, -0.2) is 42.0 Å². The summed E-state index contributed by atoms with van der Waals surface area (Å²) in [5, 5.41) is 0. The molecule has 1 aliphatic rings. The molecular formula is C16H25N3O. The van der Waals surface area contributed by atoms with Gasteiger partial charge in [-0.15, -0.1) is 0 Å². The highest BCUT2D eigenvalue weighted by Crippen LogP contribution is 2.18. The maximum absolute atomic E-state index is 12.4.